The summed E-state index contributed by atoms with van der Waals surface area (Å²) in [5.41, 5.74) is 2.27. The van der Waals surface area contributed by atoms with Gasteiger partial charge in [0.1, 0.15) is 11.6 Å². The third kappa shape index (κ3) is 5.96. The molecule has 0 bridgehead atoms. The minimum Gasteiger partial charge on any atom is -0.382 e. The van der Waals surface area contributed by atoms with Crippen molar-refractivity contribution in [3.63, 3.8) is 0 Å². The Morgan fingerprint density at radius 2 is 1.79 bits per heavy atom. The fourth-order valence-electron chi connectivity index (χ4n) is 3.85. The number of anilines is 3. The van der Waals surface area contributed by atoms with Crippen LogP contribution in [0.2, 0.25) is 0 Å². The molecule has 1 aliphatic carbocycles. The maximum atomic E-state index is 13.0. The van der Waals surface area contributed by atoms with Crippen molar-refractivity contribution in [2.24, 2.45) is 0 Å². The minimum absolute atomic E-state index is 0.0620. The Morgan fingerprint density at radius 3 is 2.55 bits per heavy atom. The monoisotopic (exact) mass is 447 g/mol. The van der Waals surface area contributed by atoms with Gasteiger partial charge >= 0.3 is 0 Å². The first-order valence-corrected chi connectivity index (χ1v) is 11.9. The fraction of sp³-hybridized carbons (Fsp3) is 0.440. The van der Waals surface area contributed by atoms with Gasteiger partial charge < -0.3 is 20.9 Å². The van der Waals surface area contributed by atoms with E-state index in [0.717, 1.165) is 55.4 Å². The van der Waals surface area contributed by atoms with Gasteiger partial charge in [-0.1, -0.05) is 13.8 Å². The highest BCUT2D eigenvalue weighted by Gasteiger charge is 2.25. The number of piperidine rings is 1. The highest BCUT2D eigenvalue weighted by molar-refractivity contribution is 6.00. The maximum Gasteiger partial charge on any atom is 0.255 e. The molecule has 2 fully saturated rings. The summed E-state index contributed by atoms with van der Waals surface area (Å²) in [6, 6.07) is 8.30. The standard InChI is InChI=1S/C23H27N7O.C2H6/c1-30-10-7-17(8-11-30)27-23(31)18-14-25-22(12-20(18)26-16-3-4-16)29-21-5-2-15-13-24-9-6-19(15)28-21;1-2/h2,5-6,9,12-14,16-17H,3-4,7-8,10-11H2,1H3,(H,27,31)(H2,25,26,28,29);1-2H3. The van der Waals surface area contributed by atoms with Crippen LogP contribution in [0.15, 0.2) is 42.9 Å². The van der Waals surface area contributed by atoms with Crippen molar-refractivity contribution in [3.05, 3.63) is 48.4 Å². The van der Waals surface area contributed by atoms with Gasteiger partial charge in [0.2, 0.25) is 0 Å². The van der Waals surface area contributed by atoms with Crippen LogP contribution in [0.3, 0.4) is 0 Å². The van der Waals surface area contributed by atoms with E-state index in [0.29, 0.717) is 23.2 Å². The SMILES string of the molecule is CC.CN1CCC(NC(=O)c2cnc(Nc3ccc4cnccc4n3)cc2NC2CC2)CC1. The molecule has 3 N–H and O–H groups in total. The predicted octanol–water partition coefficient (Wildman–Crippen LogP) is 4.19. The first-order valence-electron chi connectivity index (χ1n) is 11.9. The van der Waals surface area contributed by atoms with Gasteiger partial charge in [-0.05, 0) is 64.0 Å². The lowest BCUT2D eigenvalue weighted by Crippen LogP contribution is -2.43. The molecule has 8 heteroatoms. The highest BCUT2D eigenvalue weighted by Crippen LogP contribution is 2.29. The summed E-state index contributed by atoms with van der Waals surface area (Å²) in [4.78, 5) is 28.5. The van der Waals surface area contributed by atoms with Crippen molar-refractivity contribution in [1.29, 1.82) is 0 Å². The van der Waals surface area contributed by atoms with Gasteiger partial charge in [-0.2, -0.15) is 0 Å². The average Bonchev–Trinajstić information content (AvgIpc) is 3.66. The highest BCUT2D eigenvalue weighted by atomic mass is 16.1. The van der Waals surface area contributed by atoms with Crippen LogP contribution in [-0.4, -0.2) is 58.0 Å². The summed E-state index contributed by atoms with van der Waals surface area (Å²) in [7, 11) is 2.12. The van der Waals surface area contributed by atoms with Gasteiger partial charge in [0.25, 0.3) is 5.91 Å². The molecule has 1 aliphatic heterocycles. The van der Waals surface area contributed by atoms with Crippen LogP contribution in [0.5, 0.6) is 0 Å². The first-order chi connectivity index (χ1) is 16.1. The van der Waals surface area contributed by atoms with Crippen LogP contribution in [0, 0.1) is 0 Å². The lowest BCUT2D eigenvalue weighted by atomic mass is 10.0. The third-order valence-electron chi connectivity index (χ3n) is 5.89. The number of rotatable bonds is 6. The zero-order valence-corrected chi connectivity index (χ0v) is 19.6. The van der Waals surface area contributed by atoms with E-state index in [-0.39, 0.29) is 11.9 Å². The van der Waals surface area contributed by atoms with Crippen molar-refractivity contribution in [2.45, 2.75) is 51.6 Å². The average molecular weight is 448 g/mol. The molecule has 1 saturated carbocycles. The van der Waals surface area contributed by atoms with Crippen molar-refractivity contribution in [2.75, 3.05) is 30.8 Å². The van der Waals surface area contributed by atoms with Gasteiger partial charge in [0.15, 0.2) is 0 Å². The lowest BCUT2D eigenvalue weighted by Gasteiger charge is -2.29. The molecular weight excluding hydrogens is 414 g/mol. The molecule has 33 heavy (non-hydrogen) atoms. The largest absolute Gasteiger partial charge is 0.382 e. The number of hydrogen-bond donors (Lipinski definition) is 3. The summed E-state index contributed by atoms with van der Waals surface area (Å²) in [5, 5.41) is 10.9. The molecule has 0 radical (unpaired) electrons. The Balaban J connectivity index is 0.00000126. The van der Waals surface area contributed by atoms with E-state index in [9.17, 15) is 4.79 Å². The molecule has 3 aromatic heterocycles. The summed E-state index contributed by atoms with van der Waals surface area (Å²) in [6.07, 6.45) is 9.38. The number of hydrogen-bond acceptors (Lipinski definition) is 7. The van der Waals surface area contributed by atoms with Crippen LogP contribution < -0.4 is 16.0 Å². The van der Waals surface area contributed by atoms with E-state index in [2.05, 4.69) is 42.8 Å². The van der Waals surface area contributed by atoms with Crippen LogP contribution in [0.4, 0.5) is 17.3 Å². The second-order valence-electron chi connectivity index (χ2n) is 8.47. The molecule has 1 saturated heterocycles. The molecule has 3 aromatic rings. The summed E-state index contributed by atoms with van der Waals surface area (Å²) >= 11 is 0. The second kappa shape index (κ2) is 10.6. The van der Waals surface area contributed by atoms with E-state index >= 15 is 0 Å². The zero-order valence-electron chi connectivity index (χ0n) is 19.6. The van der Waals surface area contributed by atoms with Crippen molar-refractivity contribution in [3.8, 4) is 0 Å². The molecule has 0 atom stereocenters. The van der Waals surface area contributed by atoms with Gasteiger partial charge in [0.05, 0.1) is 16.8 Å². The topological polar surface area (TPSA) is 95.1 Å². The van der Waals surface area contributed by atoms with E-state index in [1.807, 2.05) is 38.1 Å². The molecule has 5 rings (SSSR count). The Bertz CT molecular complexity index is 1090. The Kier molecular flexibility index (Phi) is 7.34. The number of amides is 1. The number of aromatic nitrogens is 3. The normalized spacial score (nSPS) is 16.6. The van der Waals surface area contributed by atoms with Crippen molar-refractivity contribution < 1.29 is 4.79 Å². The van der Waals surface area contributed by atoms with Gasteiger partial charge in [0, 0.05) is 42.1 Å². The van der Waals surface area contributed by atoms with Crippen LogP contribution in [0.1, 0.15) is 49.9 Å². The second-order valence-corrected chi connectivity index (χ2v) is 8.47. The minimum atomic E-state index is -0.0620. The molecule has 4 heterocycles. The molecule has 2 aliphatic rings. The lowest BCUT2D eigenvalue weighted by molar-refractivity contribution is 0.0917. The van der Waals surface area contributed by atoms with Crippen molar-refractivity contribution >= 4 is 34.1 Å². The van der Waals surface area contributed by atoms with Crippen LogP contribution in [-0.2, 0) is 0 Å². The molecule has 0 spiro atoms. The smallest absolute Gasteiger partial charge is 0.255 e. The zero-order chi connectivity index (χ0) is 23.2. The Labute approximate surface area is 195 Å². The molecule has 0 aromatic carbocycles. The number of carbonyl (C=O) groups excluding carboxylic acids is 1. The number of fused-ring (bicyclic) bond motifs is 1. The van der Waals surface area contributed by atoms with Crippen molar-refractivity contribution in [1.82, 2.24) is 25.2 Å². The van der Waals surface area contributed by atoms with Crippen LogP contribution in [0.25, 0.3) is 10.9 Å². The van der Waals surface area contributed by atoms with Gasteiger partial charge in [-0.25, -0.2) is 9.97 Å². The molecule has 174 valence electrons. The molecule has 1 amide bonds. The number of nitrogens with zero attached hydrogens (tertiary/aromatic N) is 4. The Morgan fingerprint density at radius 1 is 1.00 bits per heavy atom. The number of nitrogens with one attached hydrogen (secondary N) is 3. The number of carbonyl (C=O) groups is 1. The van der Waals surface area contributed by atoms with E-state index in [1.54, 1.807) is 18.6 Å². The molecule has 8 nitrogen and oxygen atoms in total. The van der Waals surface area contributed by atoms with Crippen LogP contribution >= 0.6 is 0 Å². The molecule has 0 unspecified atom stereocenters. The maximum absolute atomic E-state index is 13.0. The summed E-state index contributed by atoms with van der Waals surface area (Å²) in [6.45, 7) is 6.02. The Hall–Kier alpha value is -3.26. The summed E-state index contributed by atoms with van der Waals surface area (Å²) in [5.74, 6) is 1.29. The first kappa shape index (κ1) is 22.9. The van der Waals surface area contributed by atoms with E-state index in [4.69, 9.17) is 0 Å². The van der Waals surface area contributed by atoms with Gasteiger partial charge in [-0.3, -0.25) is 9.78 Å². The number of pyridine rings is 3. The summed E-state index contributed by atoms with van der Waals surface area (Å²) < 4.78 is 0. The number of likely N-dealkylation sites (tertiary alicyclic amines) is 1. The van der Waals surface area contributed by atoms with E-state index < -0.39 is 0 Å². The van der Waals surface area contributed by atoms with E-state index in [1.165, 1.54) is 0 Å². The fourth-order valence-corrected chi connectivity index (χ4v) is 3.85. The third-order valence-corrected chi connectivity index (χ3v) is 5.89. The quantitative estimate of drug-likeness (QED) is 0.521. The predicted molar refractivity (Wildman–Crippen MR) is 133 cm³/mol. The van der Waals surface area contributed by atoms with Gasteiger partial charge in [-0.15, -0.1) is 0 Å². The molecular formula is C25H33N7O.